The number of benzene rings is 1. The van der Waals surface area contributed by atoms with Crippen LogP contribution >= 0.6 is 0 Å². The molecule has 2 rings (SSSR count). The highest BCUT2D eigenvalue weighted by molar-refractivity contribution is 5.85. The van der Waals surface area contributed by atoms with Gasteiger partial charge in [0.1, 0.15) is 6.33 Å². The molecular weight excluding hydrogens is 234 g/mol. The molecule has 0 amide bonds. The molecule has 0 bridgehead atoms. The number of hydrogen-bond donors (Lipinski definition) is 0. The summed E-state index contributed by atoms with van der Waals surface area (Å²) < 4.78 is 0. The summed E-state index contributed by atoms with van der Waals surface area (Å²) in [4.78, 5) is 10.9. The van der Waals surface area contributed by atoms with E-state index in [1.54, 1.807) is 6.33 Å². The van der Waals surface area contributed by atoms with Crippen molar-refractivity contribution in [1.82, 2.24) is 9.97 Å². The molecule has 1 aromatic carbocycles. The molecule has 0 aliphatic carbocycles. The molecule has 3 nitrogen and oxygen atoms in total. The molecule has 100 valence electrons. The maximum Gasteiger partial charge on any atom is 0.116 e. The predicted molar refractivity (Wildman–Crippen MR) is 81.5 cm³/mol. The van der Waals surface area contributed by atoms with Crippen LogP contribution < -0.4 is 4.90 Å². The number of hydrogen-bond acceptors (Lipinski definition) is 3. The van der Waals surface area contributed by atoms with Gasteiger partial charge in [-0.05, 0) is 31.3 Å². The van der Waals surface area contributed by atoms with Crippen LogP contribution in [0.4, 0.5) is 5.69 Å². The van der Waals surface area contributed by atoms with E-state index in [9.17, 15) is 0 Å². The van der Waals surface area contributed by atoms with Crippen molar-refractivity contribution < 1.29 is 0 Å². The maximum atomic E-state index is 4.45. The number of allylic oxidation sites excluding steroid dienone is 1. The minimum absolute atomic E-state index is 0.0257. The summed E-state index contributed by atoms with van der Waals surface area (Å²) in [6.07, 6.45) is 5.71. The summed E-state index contributed by atoms with van der Waals surface area (Å²) in [5.41, 5.74) is 3.24. The average molecular weight is 255 g/mol. The summed E-state index contributed by atoms with van der Waals surface area (Å²) in [7, 11) is 2.03. The van der Waals surface area contributed by atoms with Crippen LogP contribution in [0.25, 0.3) is 10.9 Å². The quantitative estimate of drug-likeness (QED) is 0.815. The molecule has 0 saturated heterocycles. The van der Waals surface area contributed by atoms with Gasteiger partial charge in [0.05, 0.1) is 11.2 Å². The topological polar surface area (TPSA) is 29.0 Å². The number of anilines is 1. The van der Waals surface area contributed by atoms with Crippen molar-refractivity contribution in [1.29, 1.82) is 0 Å². The molecule has 0 N–H and O–H groups in total. The Labute approximate surface area is 115 Å². The van der Waals surface area contributed by atoms with Gasteiger partial charge in [0.25, 0.3) is 0 Å². The molecule has 19 heavy (non-hydrogen) atoms. The van der Waals surface area contributed by atoms with E-state index in [2.05, 4.69) is 53.8 Å². The Morgan fingerprint density at radius 1 is 1.16 bits per heavy atom. The Hall–Kier alpha value is -1.90. The molecule has 3 heteroatoms. The molecule has 0 atom stereocenters. The SMILES string of the molecule is C/C=C\N(C)c1ccc2c(C(C)(C)C)ncnc2c1. The molecule has 0 aliphatic heterocycles. The van der Waals surface area contributed by atoms with E-state index >= 15 is 0 Å². The molecule has 0 unspecified atom stereocenters. The Balaban J connectivity index is 2.57. The first-order chi connectivity index (χ1) is 8.93. The fourth-order valence-electron chi connectivity index (χ4n) is 2.17. The van der Waals surface area contributed by atoms with Gasteiger partial charge < -0.3 is 4.90 Å². The highest BCUT2D eigenvalue weighted by Gasteiger charge is 2.19. The van der Waals surface area contributed by atoms with Crippen molar-refractivity contribution in [3.8, 4) is 0 Å². The molecule has 0 fully saturated rings. The lowest BCUT2D eigenvalue weighted by Gasteiger charge is -2.20. The highest BCUT2D eigenvalue weighted by Crippen LogP contribution is 2.29. The number of aromatic nitrogens is 2. The van der Waals surface area contributed by atoms with E-state index in [4.69, 9.17) is 0 Å². The van der Waals surface area contributed by atoms with E-state index in [1.807, 2.05) is 26.2 Å². The lowest BCUT2D eigenvalue weighted by molar-refractivity contribution is 0.574. The van der Waals surface area contributed by atoms with E-state index < -0.39 is 0 Å². The summed E-state index contributed by atoms with van der Waals surface area (Å²) in [5.74, 6) is 0. The minimum atomic E-state index is 0.0257. The van der Waals surface area contributed by atoms with Gasteiger partial charge >= 0.3 is 0 Å². The van der Waals surface area contributed by atoms with E-state index in [-0.39, 0.29) is 5.41 Å². The first kappa shape index (κ1) is 13.5. The van der Waals surface area contributed by atoms with Crippen LogP contribution in [0, 0.1) is 0 Å². The molecule has 0 saturated carbocycles. The second-order valence-electron chi connectivity index (χ2n) is 5.77. The van der Waals surface area contributed by atoms with Crippen molar-refractivity contribution in [3.05, 3.63) is 42.5 Å². The fraction of sp³-hybridized carbons (Fsp3) is 0.375. The molecule has 0 aliphatic rings. The Bertz CT molecular complexity index is 609. The van der Waals surface area contributed by atoms with E-state index in [1.165, 1.54) is 0 Å². The third kappa shape index (κ3) is 2.75. The molecular formula is C16H21N3. The smallest absolute Gasteiger partial charge is 0.116 e. The third-order valence-corrected chi connectivity index (χ3v) is 3.11. The van der Waals surface area contributed by atoms with Gasteiger partial charge in [-0.2, -0.15) is 0 Å². The van der Waals surface area contributed by atoms with Gasteiger partial charge in [0.2, 0.25) is 0 Å². The predicted octanol–water partition coefficient (Wildman–Crippen LogP) is 3.90. The van der Waals surface area contributed by atoms with Crippen molar-refractivity contribution in [2.45, 2.75) is 33.1 Å². The van der Waals surface area contributed by atoms with Crippen LogP contribution in [0.1, 0.15) is 33.4 Å². The van der Waals surface area contributed by atoms with E-state index in [0.29, 0.717) is 0 Å². The van der Waals surface area contributed by atoms with Crippen LogP contribution in [0.5, 0.6) is 0 Å². The van der Waals surface area contributed by atoms with Crippen LogP contribution in [-0.2, 0) is 5.41 Å². The summed E-state index contributed by atoms with van der Waals surface area (Å²) in [5, 5.41) is 1.13. The zero-order chi connectivity index (χ0) is 14.0. The zero-order valence-electron chi connectivity index (χ0n) is 12.3. The second-order valence-corrected chi connectivity index (χ2v) is 5.77. The monoisotopic (exact) mass is 255 g/mol. The Morgan fingerprint density at radius 2 is 1.89 bits per heavy atom. The highest BCUT2D eigenvalue weighted by atomic mass is 15.1. The van der Waals surface area contributed by atoms with Crippen LogP contribution in [0.2, 0.25) is 0 Å². The van der Waals surface area contributed by atoms with Gasteiger partial charge in [0.15, 0.2) is 0 Å². The number of rotatable bonds is 2. The third-order valence-electron chi connectivity index (χ3n) is 3.11. The Kier molecular flexibility index (Phi) is 3.56. The van der Waals surface area contributed by atoms with Gasteiger partial charge in [0, 0.05) is 23.5 Å². The standard InChI is InChI=1S/C16H21N3/c1-6-9-19(5)12-7-8-13-14(10-12)17-11-18-15(13)16(2,3)4/h6-11H,1-5H3/b9-6-. The normalized spacial score (nSPS) is 12.3. The van der Waals surface area contributed by atoms with Crippen molar-refractivity contribution >= 4 is 16.6 Å². The van der Waals surface area contributed by atoms with Crippen molar-refractivity contribution in [3.63, 3.8) is 0 Å². The van der Waals surface area contributed by atoms with Crippen LogP contribution in [0.15, 0.2) is 36.8 Å². The number of nitrogens with zero attached hydrogens (tertiary/aromatic N) is 3. The minimum Gasteiger partial charge on any atom is -0.351 e. The average Bonchev–Trinajstić information content (AvgIpc) is 2.36. The number of fused-ring (bicyclic) bond motifs is 1. The summed E-state index contributed by atoms with van der Waals surface area (Å²) >= 11 is 0. The summed E-state index contributed by atoms with van der Waals surface area (Å²) in [6, 6.07) is 6.33. The maximum absolute atomic E-state index is 4.45. The van der Waals surface area contributed by atoms with Gasteiger partial charge in [-0.15, -0.1) is 0 Å². The van der Waals surface area contributed by atoms with Crippen molar-refractivity contribution in [2.24, 2.45) is 0 Å². The van der Waals surface area contributed by atoms with E-state index in [0.717, 1.165) is 22.3 Å². The molecule has 1 aromatic heterocycles. The molecule has 0 spiro atoms. The fourth-order valence-corrected chi connectivity index (χ4v) is 2.17. The molecule has 0 radical (unpaired) electrons. The van der Waals surface area contributed by atoms with Crippen LogP contribution in [0.3, 0.4) is 0 Å². The largest absolute Gasteiger partial charge is 0.351 e. The lowest BCUT2D eigenvalue weighted by atomic mass is 9.89. The van der Waals surface area contributed by atoms with Gasteiger partial charge in [-0.3, -0.25) is 0 Å². The zero-order valence-corrected chi connectivity index (χ0v) is 12.3. The van der Waals surface area contributed by atoms with Crippen molar-refractivity contribution in [2.75, 3.05) is 11.9 Å². The van der Waals surface area contributed by atoms with Gasteiger partial charge in [-0.25, -0.2) is 9.97 Å². The molecule has 1 heterocycles. The second kappa shape index (κ2) is 5.00. The first-order valence-corrected chi connectivity index (χ1v) is 6.54. The first-order valence-electron chi connectivity index (χ1n) is 6.54. The van der Waals surface area contributed by atoms with Crippen LogP contribution in [-0.4, -0.2) is 17.0 Å². The van der Waals surface area contributed by atoms with Gasteiger partial charge in [-0.1, -0.05) is 26.8 Å². The Morgan fingerprint density at radius 3 is 2.53 bits per heavy atom. The summed E-state index contributed by atoms with van der Waals surface area (Å²) in [6.45, 7) is 8.54. The molecule has 2 aromatic rings. The lowest BCUT2D eigenvalue weighted by Crippen LogP contribution is -2.14.